The molecule has 92 valence electrons. The van der Waals surface area contributed by atoms with Crippen LogP contribution in [0.5, 0.6) is 0 Å². The van der Waals surface area contributed by atoms with E-state index in [1.165, 1.54) is 11.1 Å². The van der Waals surface area contributed by atoms with Crippen molar-refractivity contribution < 1.29 is 0 Å². The molecule has 0 amide bonds. The van der Waals surface area contributed by atoms with Gasteiger partial charge in [-0.25, -0.2) is 0 Å². The van der Waals surface area contributed by atoms with Crippen LogP contribution in [0.4, 0.5) is 0 Å². The van der Waals surface area contributed by atoms with Crippen LogP contribution >= 0.6 is 15.9 Å². The quantitative estimate of drug-likeness (QED) is 0.885. The second-order valence-electron chi connectivity index (χ2n) is 5.18. The summed E-state index contributed by atoms with van der Waals surface area (Å²) in [6.45, 7) is 0. The van der Waals surface area contributed by atoms with E-state index in [1.54, 1.807) is 0 Å². The average molecular weight is 302 g/mol. The maximum atomic E-state index is 6.50. The third-order valence-corrected chi connectivity index (χ3v) is 4.39. The summed E-state index contributed by atoms with van der Waals surface area (Å²) in [4.78, 5) is 0. The monoisotopic (exact) mass is 301 g/mol. The van der Waals surface area contributed by atoms with Gasteiger partial charge in [-0.1, -0.05) is 58.4 Å². The first-order valence-electron chi connectivity index (χ1n) is 6.27. The van der Waals surface area contributed by atoms with Gasteiger partial charge in [0, 0.05) is 10.0 Å². The minimum atomic E-state index is -0.149. The Morgan fingerprint density at radius 3 is 2.39 bits per heavy atom. The number of benzene rings is 2. The maximum absolute atomic E-state index is 6.50. The van der Waals surface area contributed by atoms with Crippen molar-refractivity contribution in [3.63, 3.8) is 0 Å². The molecule has 0 spiro atoms. The molecule has 0 heterocycles. The summed E-state index contributed by atoms with van der Waals surface area (Å²) in [7, 11) is 0. The zero-order valence-corrected chi connectivity index (χ0v) is 11.7. The van der Waals surface area contributed by atoms with Gasteiger partial charge in [0.1, 0.15) is 0 Å². The van der Waals surface area contributed by atoms with Gasteiger partial charge in [0.05, 0.1) is 0 Å². The summed E-state index contributed by atoms with van der Waals surface area (Å²) in [5.74, 6) is 0.607. The van der Waals surface area contributed by atoms with Crippen molar-refractivity contribution in [1.82, 2.24) is 0 Å². The van der Waals surface area contributed by atoms with Crippen LogP contribution < -0.4 is 5.73 Å². The lowest BCUT2D eigenvalue weighted by Crippen LogP contribution is -2.47. The van der Waals surface area contributed by atoms with Crippen LogP contribution in [0.2, 0.25) is 0 Å². The average Bonchev–Trinajstić information content (AvgIpc) is 2.36. The molecule has 1 nitrogen and oxygen atoms in total. The molecule has 1 saturated carbocycles. The molecular weight excluding hydrogens is 286 g/mol. The Morgan fingerprint density at radius 2 is 1.72 bits per heavy atom. The lowest BCUT2D eigenvalue weighted by atomic mass is 9.63. The van der Waals surface area contributed by atoms with Crippen LogP contribution in [-0.4, -0.2) is 0 Å². The fourth-order valence-electron chi connectivity index (χ4n) is 2.81. The Kier molecular flexibility index (Phi) is 3.00. The number of hydrogen-bond acceptors (Lipinski definition) is 1. The van der Waals surface area contributed by atoms with Crippen molar-refractivity contribution in [3.8, 4) is 0 Å². The highest BCUT2D eigenvalue weighted by Gasteiger charge is 2.42. The molecule has 0 atom stereocenters. The van der Waals surface area contributed by atoms with Crippen molar-refractivity contribution >= 4 is 15.9 Å². The first-order chi connectivity index (χ1) is 8.67. The topological polar surface area (TPSA) is 26.0 Å². The number of halogens is 1. The smallest absolute Gasteiger partial charge is 0.0421 e. The highest BCUT2D eigenvalue weighted by Crippen LogP contribution is 2.49. The Hall–Kier alpha value is -1.12. The Labute approximate surface area is 116 Å². The Morgan fingerprint density at radius 1 is 1.00 bits per heavy atom. The molecule has 1 aliphatic carbocycles. The second kappa shape index (κ2) is 4.52. The van der Waals surface area contributed by atoms with Gasteiger partial charge in [-0.15, -0.1) is 0 Å². The van der Waals surface area contributed by atoms with Crippen LogP contribution in [0.3, 0.4) is 0 Å². The minimum Gasteiger partial charge on any atom is -0.321 e. The largest absolute Gasteiger partial charge is 0.321 e. The first-order valence-corrected chi connectivity index (χ1v) is 7.06. The van der Waals surface area contributed by atoms with E-state index in [1.807, 2.05) is 6.07 Å². The molecule has 3 rings (SSSR count). The third kappa shape index (κ3) is 2.11. The van der Waals surface area contributed by atoms with E-state index in [2.05, 4.69) is 64.5 Å². The van der Waals surface area contributed by atoms with Gasteiger partial charge in [0.2, 0.25) is 0 Å². The molecule has 1 fully saturated rings. The second-order valence-corrected chi connectivity index (χ2v) is 6.10. The molecule has 18 heavy (non-hydrogen) atoms. The van der Waals surface area contributed by atoms with Crippen LogP contribution in [0, 0.1) is 0 Å². The molecule has 0 radical (unpaired) electrons. The molecule has 0 aromatic heterocycles. The molecule has 2 N–H and O–H groups in total. The van der Waals surface area contributed by atoms with E-state index in [-0.39, 0.29) is 5.54 Å². The van der Waals surface area contributed by atoms with Gasteiger partial charge in [0.15, 0.2) is 0 Å². The summed E-state index contributed by atoms with van der Waals surface area (Å²) in [6, 6.07) is 19.0. The number of nitrogens with two attached hydrogens (primary N) is 1. The number of rotatable bonds is 2. The number of hydrogen-bond donors (Lipinski definition) is 1. The molecule has 2 aromatic carbocycles. The van der Waals surface area contributed by atoms with E-state index >= 15 is 0 Å². The molecule has 2 heteroatoms. The third-order valence-electron chi connectivity index (χ3n) is 3.89. The summed E-state index contributed by atoms with van der Waals surface area (Å²) >= 11 is 3.51. The Balaban J connectivity index is 1.78. The molecule has 0 aliphatic heterocycles. The normalized spacial score (nSPS) is 26.7. The van der Waals surface area contributed by atoms with Gasteiger partial charge in [-0.2, -0.15) is 0 Å². The van der Waals surface area contributed by atoms with E-state index in [9.17, 15) is 0 Å². The van der Waals surface area contributed by atoms with Gasteiger partial charge in [0.25, 0.3) is 0 Å². The zero-order valence-electron chi connectivity index (χ0n) is 10.1. The van der Waals surface area contributed by atoms with Crippen LogP contribution in [0.15, 0.2) is 59.1 Å². The first kappa shape index (κ1) is 11.9. The Bertz CT molecular complexity index is 544. The van der Waals surface area contributed by atoms with Gasteiger partial charge >= 0.3 is 0 Å². The fourth-order valence-corrected chi connectivity index (χ4v) is 3.21. The molecule has 1 aliphatic rings. The van der Waals surface area contributed by atoms with Gasteiger partial charge in [-0.05, 0) is 42.0 Å². The van der Waals surface area contributed by atoms with Crippen molar-refractivity contribution in [3.05, 3.63) is 70.2 Å². The molecule has 0 bridgehead atoms. The van der Waals surface area contributed by atoms with E-state index in [4.69, 9.17) is 5.73 Å². The lowest BCUT2D eigenvalue weighted by molar-refractivity contribution is 0.209. The van der Waals surface area contributed by atoms with Crippen LogP contribution in [-0.2, 0) is 5.54 Å². The van der Waals surface area contributed by atoms with Crippen molar-refractivity contribution in [2.75, 3.05) is 0 Å². The van der Waals surface area contributed by atoms with Gasteiger partial charge in [-0.3, -0.25) is 0 Å². The molecule has 0 saturated heterocycles. The summed E-state index contributed by atoms with van der Waals surface area (Å²) in [5, 5.41) is 0. The van der Waals surface area contributed by atoms with E-state index < -0.39 is 0 Å². The predicted octanol–water partition coefficient (Wildman–Crippen LogP) is 4.18. The lowest BCUT2D eigenvalue weighted by Gasteiger charge is -2.46. The van der Waals surface area contributed by atoms with Crippen LogP contribution in [0.1, 0.15) is 29.9 Å². The standard InChI is InChI=1S/C16H16BrN/c17-15-8-4-7-14(9-15)16(18)10-13(11-16)12-5-2-1-3-6-12/h1-9,13H,10-11,18H2. The highest BCUT2D eigenvalue weighted by atomic mass is 79.9. The summed E-state index contributed by atoms with van der Waals surface area (Å²) < 4.78 is 1.10. The van der Waals surface area contributed by atoms with E-state index in [0.29, 0.717) is 5.92 Å². The predicted molar refractivity (Wildman–Crippen MR) is 78.4 cm³/mol. The highest BCUT2D eigenvalue weighted by molar-refractivity contribution is 9.10. The fraction of sp³-hybridized carbons (Fsp3) is 0.250. The molecule has 2 aromatic rings. The van der Waals surface area contributed by atoms with E-state index in [0.717, 1.165) is 17.3 Å². The van der Waals surface area contributed by atoms with Crippen LogP contribution in [0.25, 0.3) is 0 Å². The van der Waals surface area contributed by atoms with Gasteiger partial charge < -0.3 is 5.73 Å². The minimum absolute atomic E-state index is 0.149. The molecule has 0 unspecified atom stereocenters. The summed E-state index contributed by atoms with van der Waals surface area (Å²) in [6.07, 6.45) is 2.07. The summed E-state index contributed by atoms with van der Waals surface area (Å²) in [5.41, 5.74) is 9.00. The SMILES string of the molecule is NC1(c2cccc(Br)c2)CC(c2ccccc2)C1. The molecular formula is C16H16BrN. The van der Waals surface area contributed by atoms with Crippen molar-refractivity contribution in [2.45, 2.75) is 24.3 Å². The zero-order chi connectivity index (χ0) is 12.6. The van der Waals surface area contributed by atoms with Crippen molar-refractivity contribution in [2.24, 2.45) is 5.73 Å². The van der Waals surface area contributed by atoms with Crippen molar-refractivity contribution in [1.29, 1.82) is 0 Å². The maximum Gasteiger partial charge on any atom is 0.0421 e.